The Labute approximate surface area is 124 Å². The molecule has 0 saturated carbocycles. The summed E-state index contributed by atoms with van der Waals surface area (Å²) < 4.78 is 28.4. The highest BCUT2D eigenvalue weighted by Gasteiger charge is 2.17. The third-order valence-corrected chi connectivity index (χ3v) is 5.94. The molecule has 2 rings (SSSR count). The Morgan fingerprint density at radius 3 is 2.44 bits per heavy atom. The van der Waals surface area contributed by atoms with Crippen LogP contribution in [0.4, 0.5) is 5.69 Å². The number of thiophene rings is 1. The summed E-state index contributed by atoms with van der Waals surface area (Å²) >= 11 is 3.47. The summed E-state index contributed by atoms with van der Waals surface area (Å²) in [7, 11) is -3.46. The van der Waals surface area contributed by atoms with Crippen molar-refractivity contribution in [1.82, 2.24) is 0 Å². The molecule has 0 unspecified atom stereocenters. The minimum Gasteiger partial charge on any atom is -0.279 e. The summed E-state index contributed by atoms with van der Waals surface area (Å²) in [5, 5.41) is 0. The summed E-state index contributed by atoms with van der Waals surface area (Å²) in [5.41, 5.74) is 1.54. The lowest BCUT2D eigenvalue weighted by atomic mass is 10.2. The maximum absolute atomic E-state index is 12.1. The van der Waals surface area contributed by atoms with Gasteiger partial charge in [-0.2, -0.15) is 0 Å². The molecule has 0 saturated heterocycles. The van der Waals surface area contributed by atoms with E-state index in [0.717, 1.165) is 14.0 Å². The van der Waals surface area contributed by atoms with Crippen LogP contribution in [0.5, 0.6) is 0 Å². The predicted molar refractivity (Wildman–Crippen MR) is 83.8 cm³/mol. The summed E-state index contributed by atoms with van der Waals surface area (Å²) in [6, 6.07) is 9.04. The zero-order valence-corrected chi connectivity index (χ0v) is 13.7. The van der Waals surface area contributed by atoms with Gasteiger partial charge < -0.3 is 0 Å². The number of benzene rings is 1. The first kappa shape index (κ1) is 13.8. The molecule has 0 bridgehead atoms. The fourth-order valence-corrected chi connectivity index (χ4v) is 4.55. The molecule has 1 aromatic heterocycles. The second kappa shape index (κ2) is 5.18. The number of rotatable bonds is 3. The Bertz CT molecular complexity index is 677. The molecule has 18 heavy (non-hydrogen) atoms. The van der Waals surface area contributed by atoms with Gasteiger partial charge in [-0.3, -0.25) is 4.72 Å². The minimum absolute atomic E-state index is 0.345. The highest BCUT2D eigenvalue weighted by atomic mass is 127. The monoisotopic (exact) mass is 393 g/mol. The van der Waals surface area contributed by atoms with Gasteiger partial charge in [0.25, 0.3) is 10.0 Å². The summed E-state index contributed by atoms with van der Waals surface area (Å²) in [4.78, 5) is 0.981. The first-order valence-corrected chi connectivity index (χ1v) is 8.62. The normalized spacial score (nSPS) is 11.5. The average molecular weight is 393 g/mol. The molecule has 1 heterocycles. The van der Waals surface area contributed by atoms with Crippen LogP contribution in [-0.2, 0) is 10.0 Å². The van der Waals surface area contributed by atoms with Gasteiger partial charge in [0, 0.05) is 8.45 Å². The van der Waals surface area contributed by atoms with Crippen LogP contribution in [0.1, 0.15) is 10.4 Å². The molecule has 0 amide bonds. The zero-order valence-electron chi connectivity index (χ0n) is 9.90. The molecule has 0 spiro atoms. The van der Waals surface area contributed by atoms with Gasteiger partial charge in [-0.15, -0.1) is 11.3 Å². The molecule has 0 aliphatic heterocycles. The molecule has 0 aliphatic carbocycles. The SMILES string of the molecule is Cc1ccc(S(=O)(=O)Nc2ccc(I)cc2C)s1. The Balaban J connectivity index is 2.33. The number of halogens is 1. The van der Waals surface area contributed by atoms with Crippen LogP contribution in [0.25, 0.3) is 0 Å². The van der Waals surface area contributed by atoms with E-state index in [1.54, 1.807) is 18.2 Å². The van der Waals surface area contributed by atoms with E-state index in [4.69, 9.17) is 0 Å². The fourth-order valence-electron chi connectivity index (χ4n) is 1.49. The molecular weight excluding hydrogens is 381 g/mol. The molecule has 2 aromatic rings. The zero-order chi connectivity index (χ0) is 13.3. The summed E-state index contributed by atoms with van der Waals surface area (Å²) in [6.07, 6.45) is 0. The maximum Gasteiger partial charge on any atom is 0.271 e. The Hall–Kier alpha value is -0.600. The lowest BCUT2D eigenvalue weighted by Crippen LogP contribution is -2.12. The minimum atomic E-state index is -3.46. The molecule has 1 N–H and O–H groups in total. The van der Waals surface area contributed by atoms with Crippen molar-refractivity contribution in [2.24, 2.45) is 0 Å². The standard InChI is InChI=1S/C12H12INO2S2/c1-8-7-10(13)4-5-11(8)14-18(15,16)12-6-3-9(2)17-12/h3-7,14H,1-2H3. The number of hydrogen-bond donors (Lipinski definition) is 1. The van der Waals surface area contributed by atoms with Crippen molar-refractivity contribution in [3.8, 4) is 0 Å². The van der Waals surface area contributed by atoms with Crippen molar-refractivity contribution in [3.05, 3.63) is 44.3 Å². The largest absolute Gasteiger partial charge is 0.279 e. The van der Waals surface area contributed by atoms with Crippen molar-refractivity contribution in [2.75, 3.05) is 4.72 Å². The van der Waals surface area contributed by atoms with Gasteiger partial charge in [0.1, 0.15) is 4.21 Å². The molecule has 3 nitrogen and oxygen atoms in total. The molecule has 0 radical (unpaired) electrons. The number of aryl methyl sites for hydroxylation is 2. The van der Waals surface area contributed by atoms with Gasteiger partial charge in [0.2, 0.25) is 0 Å². The van der Waals surface area contributed by atoms with Gasteiger partial charge in [0.05, 0.1) is 5.69 Å². The second-order valence-corrected chi connectivity index (χ2v) is 8.37. The summed E-state index contributed by atoms with van der Waals surface area (Å²) in [5.74, 6) is 0. The van der Waals surface area contributed by atoms with E-state index < -0.39 is 10.0 Å². The van der Waals surface area contributed by atoms with Crippen LogP contribution in [0.3, 0.4) is 0 Å². The third kappa shape index (κ3) is 3.04. The lowest BCUT2D eigenvalue weighted by Gasteiger charge is -2.09. The highest BCUT2D eigenvalue weighted by Crippen LogP contribution is 2.25. The van der Waals surface area contributed by atoms with Crippen molar-refractivity contribution < 1.29 is 8.42 Å². The Morgan fingerprint density at radius 1 is 1.17 bits per heavy atom. The number of sulfonamides is 1. The molecule has 96 valence electrons. The van der Waals surface area contributed by atoms with Crippen LogP contribution >= 0.6 is 33.9 Å². The predicted octanol–water partition coefficient (Wildman–Crippen LogP) is 3.77. The van der Waals surface area contributed by atoms with Crippen molar-refractivity contribution in [2.45, 2.75) is 18.1 Å². The van der Waals surface area contributed by atoms with Crippen molar-refractivity contribution in [3.63, 3.8) is 0 Å². The quantitative estimate of drug-likeness (QED) is 0.808. The van der Waals surface area contributed by atoms with Crippen LogP contribution in [0.15, 0.2) is 34.5 Å². The van der Waals surface area contributed by atoms with Gasteiger partial charge in [-0.1, -0.05) is 0 Å². The van der Waals surface area contributed by atoms with E-state index in [9.17, 15) is 8.42 Å². The Kier molecular flexibility index (Phi) is 3.98. The first-order chi connectivity index (χ1) is 8.38. The fraction of sp³-hybridized carbons (Fsp3) is 0.167. The van der Waals surface area contributed by atoms with Gasteiger partial charge in [-0.25, -0.2) is 8.42 Å². The first-order valence-electron chi connectivity index (χ1n) is 5.24. The lowest BCUT2D eigenvalue weighted by molar-refractivity contribution is 0.603. The average Bonchev–Trinajstić information content (AvgIpc) is 2.70. The molecule has 0 fully saturated rings. The Morgan fingerprint density at radius 2 is 1.89 bits per heavy atom. The van der Waals surface area contributed by atoms with Gasteiger partial charge in [0.15, 0.2) is 0 Å². The number of anilines is 1. The highest BCUT2D eigenvalue weighted by molar-refractivity contribution is 14.1. The van der Waals surface area contributed by atoms with E-state index in [1.165, 1.54) is 11.3 Å². The van der Waals surface area contributed by atoms with Crippen molar-refractivity contribution in [1.29, 1.82) is 0 Å². The van der Waals surface area contributed by atoms with E-state index in [1.807, 2.05) is 26.0 Å². The van der Waals surface area contributed by atoms with E-state index in [-0.39, 0.29) is 0 Å². The molecular formula is C12H12INO2S2. The number of hydrogen-bond acceptors (Lipinski definition) is 3. The van der Waals surface area contributed by atoms with E-state index >= 15 is 0 Å². The van der Waals surface area contributed by atoms with Gasteiger partial charge in [-0.05, 0) is 72.3 Å². The molecule has 1 aromatic carbocycles. The maximum atomic E-state index is 12.1. The molecule has 6 heteroatoms. The van der Waals surface area contributed by atoms with E-state index in [2.05, 4.69) is 27.3 Å². The van der Waals surface area contributed by atoms with Crippen LogP contribution < -0.4 is 4.72 Å². The van der Waals surface area contributed by atoms with Crippen LogP contribution in [0.2, 0.25) is 0 Å². The molecule has 0 aliphatic rings. The van der Waals surface area contributed by atoms with Gasteiger partial charge >= 0.3 is 0 Å². The van der Waals surface area contributed by atoms with Crippen LogP contribution in [-0.4, -0.2) is 8.42 Å². The summed E-state index contributed by atoms with van der Waals surface area (Å²) in [6.45, 7) is 3.78. The van der Waals surface area contributed by atoms with Crippen LogP contribution in [0, 0.1) is 17.4 Å². The third-order valence-electron chi connectivity index (χ3n) is 2.41. The second-order valence-electron chi connectivity index (χ2n) is 3.93. The smallest absolute Gasteiger partial charge is 0.271 e. The van der Waals surface area contributed by atoms with E-state index in [0.29, 0.717) is 9.90 Å². The molecule has 0 atom stereocenters. The topological polar surface area (TPSA) is 46.2 Å². The van der Waals surface area contributed by atoms with Crippen molar-refractivity contribution >= 4 is 49.6 Å². The number of nitrogens with one attached hydrogen (secondary N) is 1.